The fourth-order valence-electron chi connectivity index (χ4n) is 3.63. The SMILES string of the molecule is CC(C)[C@H](Nc1nc(N)nc(N)c1C#N)c1nc2cccc(Cl)c2c(=O)n1-c1ccccc1. The molecule has 9 nitrogen and oxygen atoms in total. The van der Waals surface area contributed by atoms with Crippen LogP contribution in [0.4, 0.5) is 17.6 Å². The molecule has 0 saturated carbocycles. The van der Waals surface area contributed by atoms with Crippen molar-refractivity contribution in [3.8, 4) is 11.8 Å². The van der Waals surface area contributed by atoms with E-state index < -0.39 is 6.04 Å². The molecule has 4 rings (SSSR count). The molecule has 0 aliphatic carbocycles. The van der Waals surface area contributed by atoms with Crippen LogP contribution in [0.1, 0.15) is 31.3 Å². The average molecular weight is 461 g/mol. The third-order valence-electron chi connectivity index (χ3n) is 5.19. The highest BCUT2D eigenvalue weighted by Crippen LogP contribution is 2.30. The van der Waals surface area contributed by atoms with Crippen LogP contribution in [0.15, 0.2) is 53.3 Å². The van der Waals surface area contributed by atoms with E-state index >= 15 is 0 Å². The lowest BCUT2D eigenvalue weighted by Gasteiger charge is -2.26. The van der Waals surface area contributed by atoms with Crippen molar-refractivity contribution in [1.29, 1.82) is 5.26 Å². The topological polar surface area (TPSA) is 149 Å². The third-order valence-corrected chi connectivity index (χ3v) is 5.51. The molecule has 2 aromatic carbocycles. The largest absolute Gasteiger partial charge is 0.382 e. The summed E-state index contributed by atoms with van der Waals surface area (Å²) in [6.07, 6.45) is 0. The number of halogens is 1. The van der Waals surface area contributed by atoms with Crippen LogP contribution in [0.25, 0.3) is 16.6 Å². The number of hydrogen-bond donors (Lipinski definition) is 3. The quantitative estimate of drug-likeness (QED) is 0.408. The number of hydrogen-bond acceptors (Lipinski definition) is 8. The Kier molecular flexibility index (Phi) is 5.85. The number of nitrogens with zero attached hydrogens (tertiary/aromatic N) is 5. The molecule has 4 aromatic rings. The van der Waals surface area contributed by atoms with E-state index in [1.54, 1.807) is 18.2 Å². The Morgan fingerprint density at radius 1 is 1.06 bits per heavy atom. The van der Waals surface area contributed by atoms with Crippen LogP contribution in [0.2, 0.25) is 5.02 Å². The minimum absolute atomic E-state index is 0.0336. The molecule has 33 heavy (non-hydrogen) atoms. The van der Waals surface area contributed by atoms with Gasteiger partial charge in [0.15, 0.2) is 5.82 Å². The molecule has 0 radical (unpaired) electrons. The van der Waals surface area contributed by atoms with Gasteiger partial charge in [0.25, 0.3) is 5.56 Å². The number of rotatable bonds is 5. The first-order chi connectivity index (χ1) is 15.8. The Hall–Kier alpha value is -4.16. The number of para-hydroxylation sites is 1. The zero-order valence-corrected chi connectivity index (χ0v) is 18.7. The van der Waals surface area contributed by atoms with Crippen LogP contribution in [0.3, 0.4) is 0 Å². The normalized spacial score (nSPS) is 12.0. The fraction of sp³-hybridized carbons (Fsp3) is 0.174. The van der Waals surface area contributed by atoms with Crippen molar-refractivity contribution in [2.24, 2.45) is 5.92 Å². The molecule has 0 unspecified atom stereocenters. The fourth-order valence-corrected chi connectivity index (χ4v) is 3.88. The van der Waals surface area contributed by atoms with Crippen molar-refractivity contribution in [3.05, 3.63) is 75.3 Å². The minimum atomic E-state index is -0.540. The van der Waals surface area contributed by atoms with Gasteiger partial charge in [-0.25, -0.2) is 4.98 Å². The lowest BCUT2D eigenvalue weighted by molar-refractivity contribution is 0.508. The highest BCUT2D eigenvalue weighted by atomic mass is 35.5. The highest BCUT2D eigenvalue weighted by Gasteiger charge is 2.26. The maximum Gasteiger partial charge on any atom is 0.267 e. The molecule has 1 atom stereocenters. The van der Waals surface area contributed by atoms with Crippen molar-refractivity contribution in [2.45, 2.75) is 19.9 Å². The first-order valence-electron chi connectivity index (χ1n) is 10.2. The summed E-state index contributed by atoms with van der Waals surface area (Å²) in [7, 11) is 0. The van der Waals surface area contributed by atoms with Crippen molar-refractivity contribution in [1.82, 2.24) is 19.5 Å². The number of nitriles is 1. The molecule has 2 heterocycles. The summed E-state index contributed by atoms with van der Waals surface area (Å²) in [6.45, 7) is 3.92. The van der Waals surface area contributed by atoms with E-state index in [4.69, 9.17) is 28.1 Å². The van der Waals surface area contributed by atoms with E-state index in [1.165, 1.54) is 4.57 Å². The van der Waals surface area contributed by atoms with Crippen LogP contribution in [-0.2, 0) is 0 Å². The standard InChI is InChI=1S/C23H21ClN8O/c1-12(2)18(29-20-14(11-25)19(26)30-23(27)31-20)21-28-16-10-6-9-15(24)17(16)22(33)32(21)13-7-4-3-5-8-13/h3-10,12,18H,1-2H3,(H5,26,27,29,30,31)/t18-/m0/s1. The Balaban J connectivity index is 2.01. The van der Waals surface area contributed by atoms with Crippen molar-refractivity contribution in [2.75, 3.05) is 16.8 Å². The maximum absolute atomic E-state index is 13.7. The van der Waals surface area contributed by atoms with E-state index in [0.717, 1.165) is 0 Å². The van der Waals surface area contributed by atoms with Crippen LogP contribution in [-0.4, -0.2) is 19.5 Å². The van der Waals surface area contributed by atoms with Gasteiger partial charge in [-0.2, -0.15) is 15.2 Å². The zero-order chi connectivity index (χ0) is 23.7. The first kappa shape index (κ1) is 22.0. The van der Waals surface area contributed by atoms with Crippen LogP contribution in [0.5, 0.6) is 0 Å². The number of anilines is 3. The lowest BCUT2D eigenvalue weighted by atomic mass is 10.0. The van der Waals surface area contributed by atoms with Gasteiger partial charge in [0.1, 0.15) is 23.3 Å². The van der Waals surface area contributed by atoms with E-state index in [1.807, 2.05) is 50.2 Å². The van der Waals surface area contributed by atoms with Gasteiger partial charge >= 0.3 is 0 Å². The number of nitrogens with one attached hydrogen (secondary N) is 1. The summed E-state index contributed by atoms with van der Waals surface area (Å²) in [5.74, 6) is 0.410. The second-order valence-electron chi connectivity index (χ2n) is 7.75. The first-order valence-corrected chi connectivity index (χ1v) is 10.6. The number of nitrogens with two attached hydrogens (primary N) is 2. The Labute approximate surface area is 194 Å². The summed E-state index contributed by atoms with van der Waals surface area (Å²) in [4.78, 5) is 26.5. The van der Waals surface area contributed by atoms with Gasteiger partial charge in [0, 0.05) is 0 Å². The molecule has 166 valence electrons. The molecular formula is C23H21ClN8O. The monoisotopic (exact) mass is 460 g/mol. The van der Waals surface area contributed by atoms with Gasteiger partial charge in [-0.1, -0.05) is 49.7 Å². The summed E-state index contributed by atoms with van der Waals surface area (Å²) in [5, 5.41) is 13.4. The smallest absolute Gasteiger partial charge is 0.267 e. The van der Waals surface area contributed by atoms with Crippen molar-refractivity contribution < 1.29 is 0 Å². The van der Waals surface area contributed by atoms with Gasteiger partial charge < -0.3 is 16.8 Å². The molecule has 0 fully saturated rings. The van der Waals surface area contributed by atoms with E-state index in [-0.39, 0.29) is 34.6 Å². The molecular weight excluding hydrogens is 440 g/mol. The van der Waals surface area contributed by atoms with Crippen LogP contribution >= 0.6 is 11.6 Å². The molecule has 0 amide bonds. The Morgan fingerprint density at radius 3 is 2.45 bits per heavy atom. The molecule has 10 heteroatoms. The predicted molar refractivity (Wildman–Crippen MR) is 129 cm³/mol. The summed E-state index contributed by atoms with van der Waals surface area (Å²) in [6, 6.07) is 15.8. The molecule has 5 N–H and O–H groups in total. The minimum Gasteiger partial charge on any atom is -0.382 e. The van der Waals surface area contributed by atoms with Gasteiger partial charge in [-0.3, -0.25) is 9.36 Å². The van der Waals surface area contributed by atoms with Crippen molar-refractivity contribution >= 4 is 40.1 Å². The van der Waals surface area contributed by atoms with Gasteiger partial charge in [0.2, 0.25) is 5.95 Å². The van der Waals surface area contributed by atoms with Crippen LogP contribution in [0, 0.1) is 17.2 Å². The second kappa shape index (κ2) is 8.76. The Bertz CT molecular complexity index is 1440. The predicted octanol–water partition coefficient (Wildman–Crippen LogP) is 3.67. The Morgan fingerprint density at radius 2 is 1.79 bits per heavy atom. The average Bonchev–Trinajstić information content (AvgIpc) is 2.77. The number of aromatic nitrogens is 4. The molecule has 0 saturated heterocycles. The third kappa shape index (κ3) is 4.04. The molecule has 0 aliphatic rings. The van der Waals surface area contributed by atoms with Gasteiger partial charge in [0.05, 0.1) is 27.7 Å². The van der Waals surface area contributed by atoms with Crippen molar-refractivity contribution in [3.63, 3.8) is 0 Å². The number of benzene rings is 2. The molecule has 0 spiro atoms. The van der Waals surface area contributed by atoms with E-state index in [0.29, 0.717) is 27.4 Å². The van der Waals surface area contributed by atoms with Crippen LogP contribution < -0.4 is 22.3 Å². The van der Waals surface area contributed by atoms with E-state index in [9.17, 15) is 10.1 Å². The number of fused-ring (bicyclic) bond motifs is 1. The molecule has 2 aromatic heterocycles. The molecule has 0 bridgehead atoms. The lowest BCUT2D eigenvalue weighted by Crippen LogP contribution is -2.31. The summed E-state index contributed by atoms with van der Waals surface area (Å²) >= 11 is 6.37. The zero-order valence-electron chi connectivity index (χ0n) is 18.0. The van der Waals surface area contributed by atoms with Gasteiger partial charge in [-0.05, 0) is 30.2 Å². The molecule has 0 aliphatic heterocycles. The number of nitrogen functional groups attached to an aromatic ring is 2. The summed E-state index contributed by atoms with van der Waals surface area (Å²) in [5.41, 5.74) is 12.5. The second-order valence-corrected chi connectivity index (χ2v) is 8.16. The van der Waals surface area contributed by atoms with E-state index in [2.05, 4.69) is 15.3 Å². The highest BCUT2D eigenvalue weighted by molar-refractivity contribution is 6.35. The van der Waals surface area contributed by atoms with Gasteiger partial charge in [-0.15, -0.1) is 0 Å². The maximum atomic E-state index is 13.7. The summed E-state index contributed by atoms with van der Waals surface area (Å²) < 4.78 is 1.52.